The van der Waals surface area contributed by atoms with E-state index in [-0.39, 0.29) is 22.9 Å². The molecule has 204 valence electrons. The number of nitrogens with one attached hydrogen (secondary N) is 1. The largest absolute Gasteiger partial charge is 0.476 e. The first kappa shape index (κ1) is 26.5. The number of piperidine rings is 1. The second-order valence-electron chi connectivity index (χ2n) is 11.4. The standard InChI is InChI=1S/C29H38FN5O3/c1-29(10-4-11-29)19-34-13-8-20(9-14-34)18-38-26-17-32-24(16-33-26)22-7-6-21(15-23(22)30)28(37)35-12-3-5-25(35)27(36)31-2/h6-7,15-17,20,25H,3-5,8-14,18-19H2,1-2H3,(H,31,36). The second-order valence-corrected chi connectivity index (χ2v) is 11.4. The number of halogens is 1. The van der Waals surface area contributed by atoms with E-state index in [0.29, 0.717) is 42.5 Å². The van der Waals surface area contributed by atoms with Gasteiger partial charge in [-0.3, -0.25) is 9.59 Å². The van der Waals surface area contributed by atoms with Crippen LogP contribution in [0.5, 0.6) is 5.88 Å². The van der Waals surface area contributed by atoms with E-state index in [1.54, 1.807) is 13.1 Å². The third-order valence-electron chi connectivity index (χ3n) is 8.52. The van der Waals surface area contributed by atoms with Crippen LogP contribution in [0.3, 0.4) is 0 Å². The zero-order chi connectivity index (χ0) is 26.7. The number of rotatable bonds is 8. The molecular formula is C29H38FN5O3. The Bertz CT molecular complexity index is 1150. The summed E-state index contributed by atoms with van der Waals surface area (Å²) in [4.78, 5) is 37.9. The molecule has 1 saturated carbocycles. The first-order valence-electron chi connectivity index (χ1n) is 13.8. The molecule has 8 nitrogen and oxygen atoms in total. The molecule has 0 spiro atoms. The molecule has 3 aliphatic rings. The molecule has 1 unspecified atom stereocenters. The Morgan fingerprint density at radius 1 is 1.11 bits per heavy atom. The predicted molar refractivity (Wildman–Crippen MR) is 142 cm³/mol. The molecule has 2 aliphatic heterocycles. The fourth-order valence-corrected chi connectivity index (χ4v) is 5.99. The van der Waals surface area contributed by atoms with Crippen LogP contribution in [0.15, 0.2) is 30.6 Å². The van der Waals surface area contributed by atoms with E-state index in [9.17, 15) is 9.59 Å². The van der Waals surface area contributed by atoms with Crippen molar-refractivity contribution >= 4 is 11.8 Å². The van der Waals surface area contributed by atoms with E-state index in [1.165, 1.54) is 55.2 Å². The van der Waals surface area contributed by atoms with Gasteiger partial charge in [0, 0.05) is 31.3 Å². The van der Waals surface area contributed by atoms with Crippen LogP contribution in [0, 0.1) is 17.2 Å². The zero-order valence-corrected chi connectivity index (χ0v) is 22.4. The molecule has 2 saturated heterocycles. The first-order valence-corrected chi connectivity index (χ1v) is 13.8. The molecular weight excluding hydrogens is 485 g/mol. The minimum absolute atomic E-state index is 0.200. The quantitative estimate of drug-likeness (QED) is 0.565. The van der Waals surface area contributed by atoms with Crippen LogP contribution in [0.4, 0.5) is 4.39 Å². The van der Waals surface area contributed by atoms with E-state index in [2.05, 4.69) is 27.1 Å². The number of likely N-dealkylation sites (N-methyl/N-ethyl adjacent to an activating group) is 1. The smallest absolute Gasteiger partial charge is 0.254 e. The highest BCUT2D eigenvalue weighted by molar-refractivity contribution is 5.98. The van der Waals surface area contributed by atoms with Gasteiger partial charge < -0.3 is 19.9 Å². The van der Waals surface area contributed by atoms with Crippen molar-refractivity contribution in [3.63, 3.8) is 0 Å². The molecule has 3 heterocycles. The topological polar surface area (TPSA) is 87.7 Å². The first-order chi connectivity index (χ1) is 18.3. The van der Waals surface area contributed by atoms with Gasteiger partial charge in [-0.2, -0.15) is 0 Å². The zero-order valence-electron chi connectivity index (χ0n) is 22.4. The number of hydrogen-bond acceptors (Lipinski definition) is 6. The second kappa shape index (κ2) is 11.4. The van der Waals surface area contributed by atoms with Crippen molar-refractivity contribution in [2.75, 3.05) is 39.8 Å². The van der Waals surface area contributed by atoms with Gasteiger partial charge in [-0.25, -0.2) is 14.4 Å². The lowest BCUT2D eigenvalue weighted by atomic mass is 9.70. The van der Waals surface area contributed by atoms with Crippen LogP contribution in [-0.2, 0) is 4.79 Å². The number of nitrogens with zero attached hydrogens (tertiary/aromatic N) is 4. The average Bonchev–Trinajstić information content (AvgIpc) is 3.41. The van der Waals surface area contributed by atoms with Crippen molar-refractivity contribution < 1.29 is 18.7 Å². The van der Waals surface area contributed by atoms with Gasteiger partial charge in [0.25, 0.3) is 5.91 Å². The summed E-state index contributed by atoms with van der Waals surface area (Å²) in [5.41, 5.74) is 1.37. The maximum Gasteiger partial charge on any atom is 0.254 e. The SMILES string of the molecule is CNC(=O)C1CCCN1C(=O)c1ccc(-c2cnc(OCC3CCN(CC4(C)CCC4)CC3)cn2)c(F)c1. The van der Waals surface area contributed by atoms with Crippen molar-refractivity contribution in [3.8, 4) is 17.1 Å². The highest BCUT2D eigenvalue weighted by atomic mass is 19.1. The van der Waals surface area contributed by atoms with Gasteiger partial charge in [0.1, 0.15) is 11.9 Å². The number of ether oxygens (including phenoxy) is 1. The lowest BCUT2D eigenvalue weighted by Gasteiger charge is -2.44. The fraction of sp³-hybridized carbons (Fsp3) is 0.586. The van der Waals surface area contributed by atoms with Crippen LogP contribution < -0.4 is 10.1 Å². The highest BCUT2D eigenvalue weighted by Crippen LogP contribution is 2.41. The molecule has 1 aromatic carbocycles. The molecule has 1 aromatic heterocycles. The molecule has 0 radical (unpaired) electrons. The molecule has 5 rings (SSSR count). The molecule has 2 amide bonds. The third-order valence-corrected chi connectivity index (χ3v) is 8.52. The molecule has 1 atom stereocenters. The predicted octanol–water partition coefficient (Wildman–Crippen LogP) is 3.91. The van der Waals surface area contributed by atoms with Crippen LogP contribution in [0.1, 0.15) is 62.2 Å². The van der Waals surface area contributed by atoms with Gasteiger partial charge in [-0.1, -0.05) is 13.3 Å². The molecule has 38 heavy (non-hydrogen) atoms. The number of carbonyl (C=O) groups excluding carboxylic acids is 2. The molecule has 2 aromatic rings. The van der Waals surface area contributed by atoms with Crippen LogP contribution in [-0.4, -0.2) is 77.5 Å². The minimum Gasteiger partial charge on any atom is -0.476 e. The van der Waals surface area contributed by atoms with E-state index in [1.807, 2.05) is 0 Å². The Kier molecular flexibility index (Phi) is 7.93. The summed E-state index contributed by atoms with van der Waals surface area (Å²) in [6, 6.07) is 3.80. The van der Waals surface area contributed by atoms with Gasteiger partial charge in [0.05, 0.1) is 24.7 Å². The summed E-state index contributed by atoms with van der Waals surface area (Å²) < 4.78 is 20.9. The molecule has 0 bridgehead atoms. The number of amides is 2. The highest BCUT2D eigenvalue weighted by Gasteiger charge is 2.35. The van der Waals surface area contributed by atoms with Crippen molar-refractivity contribution in [2.45, 2.75) is 57.9 Å². The Balaban J connectivity index is 1.14. The van der Waals surface area contributed by atoms with Gasteiger partial charge >= 0.3 is 0 Å². The Labute approximate surface area is 224 Å². The summed E-state index contributed by atoms with van der Waals surface area (Å²) in [5, 5.41) is 2.60. The average molecular weight is 524 g/mol. The number of hydrogen-bond donors (Lipinski definition) is 1. The monoisotopic (exact) mass is 523 g/mol. The summed E-state index contributed by atoms with van der Waals surface area (Å²) in [7, 11) is 1.55. The normalized spacial score (nSPS) is 21.7. The molecule has 1 aliphatic carbocycles. The van der Waals surface area contributed by atoms with Crippen molar-refractivity contribution in [1.82, 2.24) is 25.1 Å². The summed E-state index contributed by atoms with van der Waals surface area (Å²) in [6.45, 7) is 6.95. The molecule has 1 N–H and O–H groups in total. The van der Waals surface area contributed by atoms with E-state index in [0.717, 1.165) is 32.4 Å². The van der Waals surface area contributed by atoms with Gasteiger partial charge in [0.2, 0.25) is 11.8 Å². The molecule has 9 heteroatoms. The van der Waals surface area contributed by atoms with Gasteiger partial charge in [-0.05, 0) is 81.1 Å². The fourth-order valence-electron chi connectivity index (χ4n) is 5.99. The van der Waals surface area contributed by atoms with E-state index in [4.69, 9.17) is 4.74 Å². The maximum atomic E-state index is 15.0. The number of carbonyl (C=O) groups is 2. The number of benzene rings is 1. The number of aromatic nitrogens is 2. The summed E-state index contributed by atoms with van der Waals surface area (Å²) in [5.74, 6) is -0.173. The van der Waals surface area contributed by atoms with Crippen LogP contribution in [0.25, 0.3) is 11.3 Å². The van der Waals surface area contributed by atoms with E-state index < -0.39 is 11.9 Å². The van der Waals surface area contributed by atoms with Crippen LogP contribution in [0.2, 0.25) is 0 Å². The Morgan fingerprint density at radius 3 is 2.53 bits per heavy atom. The lowest BCUT2D eigenvalue weighted by molar-refractivity contribution is -0.124. The molecule has 3 fully saturated rings. The summed E-state index contributed by atoms with van der Waals surface area (Å²) >= 11 is 0. The third kappa shape index (κ3) is 5.82. The van der Waals surface area contributed by atoms with Crippen molar-refractivity contribution in [2.24, 2.45) is 11.3 Å². The van der Waals surface area contributed by atoms with Crippen molar-refractivity contribution in [3.05, 3.63) is 42.0 Å². The van der Waals surface area contributed by atoms with Gasteiger partial charge in [0.15, 0.2) is 0 Å². The minimum atomic E-state index is -0.558. The Hall–Kier alpha value is -3.07. The maximum absolute atomic E-state index is 15.0. The number of likely N-dealkylation sites (tertiary alicyclic amines) is 2. The Morgan fingerprint density at radius 2 is 1.89 bits per heavy atom. The van der Waals surface area contributed by atoms with Crippen LogP contribution >= 0.6 is 0 Å². The summed E-state index contributed by atoms with van der Waals surface area (Å²) in [6.07, 6.45) is 10.7. The lowest BCUT2D eigenvalue weighted by Crippen LogP contribution is -2.44. The van der Waals surface area contributed by atoms with E-state index >= 15 is 4.39 Å². The van der Waals surface area contributed by atoms with Crippen molar-refractivity contribution in [1.29, 1.82) is 0 Å². The van der Waals surface area contributed by atoms with Gasteiger partial charge in [-0.15, -0.1) is 0 Å².